The molecule has 0 saturated heterocycles. The van der Waals surface area contributed by atoms with E-state index in [0.29, 0.717) is 12.2 Å². The molecule has 0 radical (unpaired) electrons. The lowest BCUT2D eigenvalue weighted by atomic mass is 9.92. The van der Waals surface area contributed by atoms with Crippen molar-refractivity contribution in [3.8, 4) is 0 Å². The van der Waals surface area contributed by atoms with Crippen LogP contribution < -0.4 is 16.0 Å². The van der Waals surface area contributed by atoms with Gasteiger partial charge >= 0.3 is 5.69 Å². The Bertz CT molecular complexity index is 1300. The van der Waals surface area contributed by atoms with Crippen LogP contribution in [0.1, 0.15) is 32.0 Å². The van der Waals surface area contributed by atoms with Crippen LogP contribution in [0, 0.1) is 0 Å². The minimum atomic E-state index is -4.11. The molecule has 0 saturated carbocycles. The van der Waals surface area contributed by atoms with Gasteiger partial charge in [0, 0.05) is 31.8 Å². The molecule has 0 spiro atoms. The lowest BCUT2D eigenvalue weighted by Crippen LogP contribution is -2.38. The van der Waals surface area contributed by atoms with Crippen LogP contribution in [0.15, 0.2) is 57.1 Å². The topological polar surface area (TPSA) is 108 Å². The molecule has 0 aliphatic carbocycles. The predicted octanol–water partition coefficient (Wildman–Crippen LogP) is 1.43. The number of aromatic nitrogens is 4. The quantitative estimate of drug-likeness (QED) is 0.657. The number of sulfonamides is 1. The fourth-order valence-electron chi connectivity index (χ4n) is 2.99. The van der Waals surface area contributed by atoms with E-state index in [1.165, 1.54) is 20.3 Å². The third-order valence-corrected chi connectivity index (χ3v) is 6.04. The second-order valence-electron chi connectivity index (χ2n) is 8.15. The average molecular weight is 432 g/mol. The highest BCUT2D eigenvalue weighted by atomic mass is 32.2. The smallest absolute Gasteiger partial charge is 0.282 e. The molecule has 1 N–H and O–H groups in total. The van der Waals surface area contributed by atoms with Crippen LogP contribution in [0.5, 0.6) is 0 Å². The van der Waals surface area contributed by atoms with Crippen LogP contribution in [0.4, 0.5) is 5.82 Å². The minimum Gasteiger partial charge on any atom is -0.282 e. The van der Waals surface area contributed by atoms with Crippen LogP contribution in [0.2, 0.25) is 0 Å². The average Bonchev–Trinajstić information content (AvgIpc) is 3.10. The summed E-state index contributed by atoms with van der Waals surface area (Å²) >= 11 is 0. The molecule has 2 aromatic heterocycles. The Morgan fingerprint density at radius 3 is 2.27 bits per heavy atom. The highest BCUT2D eigenvalue weighted by molar-refractivity contribution is 7.92. The van der Waals surface area contributed by atoms with Gasteiger partial charge in [-0.1, -0.05) is 51.1 Å². The van der Waals surface area contributed by atoms with E-state index in [-0.39, 0.29) is 10.7 Å². The van der Waals surface area contributed by atoms with E-state index in [1.54, 1.807) is 4.68 Å². The van der Waals surface area contributed by atoms with Crippen molar-refractivity contribution in [2.24, 2.45) is 14.1 Å². The van der Waals surface area contributed by atoms with Gasteiger partial charge in [-0.05, 0) is 5.56 Å². The summed E-state index contributed by atoms with van der Waals surface area (Å²) in [4.78, 5) is 24.1. The number of hydrogen-bond acceptors (Lipinski definition) is 5. The fourth-order valence-corrected chi connectivity index (χ4v) is 4.44. The van der Waals surface area contributed by atoms with Gasteiger partial charge < -0.3 is 0 Å². The van der Waals surface area contributed by atoms with Crippen LogP contribution in [0.3, 0.4) is 0 Å². The number of anilines is 1. The summed E-state index contributed by atoms with van der Waals surface area (Å²) in [5.41, 5.74) is -0.418. The fraction of sp³-hybridized carbons (Fsp3) is 0.350. The lowest BCUT2D eigenvalue weighted by molar-refractivity contribution is 0.533. The number of rotatable bonds is 5. The Labute approximate surface area is 174 Å². The third kappa shape index (κ3) is 4.23. The molecule has 3 aromatic rings. The molecule has 30 heavy (non-hydrogen) atoms. The van der Waals surface area contributed by atoms with Crippen molar-refractivity contribution in [3.05, 3.63) is 74.7 Å². The van der Waals surface area contributed by atoms with E-state index >= 15 is 0 Å². The normalized spacial score (nSPS) is 12.2. The maximum absolute atomic E-state index is 13.2. The number of nitrogens with zero attached hydrogens (tertiary/aromatic N) is 4. The molecule has 160 valence electrons. The molecule has 0 fully saturated rings. The number of nitrogens with one attached hydrogen (secondary N) is 1. The van der Waals surface area contributed by atoms with Crippen LogP contribution in [-0.4, -0.2) is 27.3 Å². The number of hydrogen-bond donors (Lipinski definition) is 1. The van der Waals surface area contributed by atoms with Crippen molar-refractivity contribution in [2.75, 3.05) is 4.72 Å². The Balaban J connectivity index is 2.07. The first-order chi connectivity index (χ1) is 13.9. The first kappa shape index (κ1) is 21.6. The van der Waals surface area contributed by atoms with Crippen molar-refractivity contribution in [1.29, 1.82) is 0 Å². The van der Waals surface area contributed by atoms with Crippen molar-refractivity contribution < 1.29 is 8.42 Å². The summed E-state index contributed by atoms with van der Waals surface area (Å²) in [6, 6.07) is 10.6. The van der Waals surface area contributed by atoms with Gasteiger partial charge in [-0.3, -0.25) is 23.3 Å². The van der Waals surface area contributed by atoms with Gasteiger partial charge in [0.1, 0.15) is 10.7 Å². The molecule has 0 aliphatic heterocycles. The second kappa shape index (κ2) is 7.60. The highest BCUT2D eigenvalue weighted by Gasteiger charge is 2.30. The van der Waals surface area contributed by atoms with E-state index in [0.717, 1.165) is 20.8 Å². The molecule has 3 rings (SSSR count). The molecule has 9 nitrogen and oxygen atoms in total. The molecular weight excluding hydrogens is 406 g/mol. The molecule has 2 heterocycles. The molecular formula is C20H25N5O4S. The molecule has 0 aliphatic rings. The standard InChI is InChI=1S/C20H25N5O4S/c1-20(2,3)18-15(13-25(21-18)12-14-9-7-6-8-10-14)30(28,29)22-16-11-17(26)24(5)19(27)23(16)4/h6-11,13,22H,12H2,1-5H3. The van der Waals surface area contributed by atoms with Gasteiger partial charge in [0.2, 0.25) is 0 Å². The van der Waals surface area contributed by atoms with E-state index in [4.69, 9.17) is 0 Å². The predicted molar refractivity (Wildman–Crippen MR) is 114 cm³/mol. The zero-order chi connectivity index (χ0) is 22.3. The van der Waals surface area contributed by atoms with E-state index in [2.05, 4.69) is 9.82 Å². The van der Waals surface area contributed by atoms with Crippen molar-refractivity contribution in [2.45, 2.75) is 37.6 Å². The van der Waals surface area contributed by atoms with Gasteiger partial charge in [-0.25, -0.2) is 13.2 Å². The molecule has 0 bridgehead atoms. The van der Waals surface area contributed by atoms with Gasteiger partial charge in [0.15, 0.2) is 0 Å². The van der Waals surface area contributed by atoms with E-state index in [1.807, 2.05) is 51.1 Å². The highest BCUT2D eigenvalue weighted by Crippen LogP contribution is 2.29. The van der Waals surface area contributed by atoms with Gasteiger partial charge in [-0.15, -0.1) is 0 Å². The Morgan fingerprint density at radius 1 is 1.03 bits per heavy atom. The van der Waals surface area contributed by atoms with Crippen LogP contribution >= 0.6 is 0 Å². The maximum Gasteiger partial charge on any atom is 0.332 e. The Hall–Kier alpha value is -3.14. The Kier molecular flexibility index (Phi) is 5.46. The largest absolute Gasteiger partial charge is 0.332 e. The van der Waals surface area contributed by atoms with Crippen LogP contribution in [-0.2, 0) is 36.1 Å². The summed E-state index contributed by atoms with van der Waals surface area (Å²) in [5.74, 6) is -0.112. The van der Waals surface area contributed by atoms with Gasteiger partial charge in [0.05, 0.1) is 12.2 Å². The third-order valence-electron chi connectivity index (χ3n) is 4.68. The van der Waals surface area contributed by atoms with Crippen molar-refractivity contribution >= 4 is 15.8 Å². The molecule has 1 aromatic carbocycles. The van der Waals surface area contributed by atoms with Crippen LogP contribution in [0.25, 0.3) is 0 Å². The maximum atomic E-state index is 13.2. The summed E-state index contributed by atoms with van der Waals surface area (Å²) in [6.07, 6.45) is 1.47. The van der Waals surface area contributed by atoms with E-state index in [9.17, 15) is 18.0 Å². The van der Waals surface area contributed by atoms with Crippen molar-refractivity contribution in [3.63, 3.8) is 0 Å². The summed E-state index contributed by atoms with van der Waals surface area (Å²) < 4.78 is 32.3. The Morgan fingerprint density at radius 2 is 1.67 bits per heavy atom. The van der Waals surface area contributed by atoms with Crippen molar-refractivity contribution in [1.82, 2.24) is 18.9 Å². The minimum absolute atomic E-state index is 0.000873. The molecule has 0 unspecified atom stereocenters. The first-order valence-electron chi connectivity index (χ1n) is 9.32. The summed E-state index contributed by atoms with van der Waals surface area (Å²) in [7, 11) is -1.39. The SMILES string of the molecule is Cn1c(NS(=O)(=O)c2cn(Cc3ccccc3)nc2C(C)(C)C)cc(=O)n(C)c1=O. The monoisotopic (exact) mass is 431 g/mol. The summed E-state index contributed by atoms with van der Waals surface area (Å²) in [5, 5.41) is 4.52. The molecule has 0 amide bonds. The van der Waals surface area contributed by atoms with Gasteiger partial charge in [-0.2, -0.15) is 5.10 Å². The first-order valence-corrected chi connectivity index (χ1v) is 10.8. The van der Waals surface area contributed by atoms with Gasteiger partial charge in [0.25, 0.3) is 15.6 Å². The molecule has 10 heteroatoms. The second-order valence-corrected chi connectivity index (χ2v) is 9.80. The molecule has 0 atom stereocenters. The zero-order valence-electron chi connectivity index (χ0n) is 17.6. The summed E-state index contributed by atoms with van der Waals surface area (Å²) in [6.45, 7) is 6.02. The zero-order valence-corrected chi connectivity index (χ0v) is 18.4. The number of benzene rings is 1. The lowest BCUT2D eigenvalue weighted by Gasteiger charge is -2.18. The van der Waals surface area contributed by atoms with E-state index < -0.39 is 26.7 Å².